The van der Waals surface area contributed by atoms with Gasteiger partial charge in [0.05, 0.1) is 12.2 Å². The van der Waals surface area contributed by atoms with Crippen LogP contribution in [0.15, 0.2) is 18.2 Å². The molecule has 0 spiro atoms. The Labute approximate surface area is 133 Å². The minimum absolute atomic E-state index is 0.0250. The van der Waals surface area contributed by atoms with Crippen molar-refractivity contribution in [3.63, 3.8) is 0 Å². The molecule has 1 aromatic rings. The molecule has 0 aliphatic carbocycles. The molecule has 122 valence electrons. The quantitative estimate of drug-likeness (QED) is 0.784. The van der Waals surface area contributed by atoms with Gasteiger partial charge in [-0.25, -0.2) is 4.79 Å². The molecule has 2 rings (SSSR count). The summed E-state index contributed by atoms with van der Waals surface area (Å²) in [5.41, 5.74) is 2.89. The van der Waals surface area contributed by atoms with E-state index in [9.17, 15) is 4.79 Å². The van der Waals surface area contributed by atoms with Crippen LogP contribution in [0.3, 0.4) is 0 Å². The molecule has 0 radical (unpaired) electrons. The van der Waals surface area contributed by atoms with E-state index < -0.39 is 0 Å². The first-order valence-corrected chi connectivity index (χ1v) is 8.04. The van der Waals surface area contributed by atoms with Crippen LogP contribution in [-0.2, 0) is 9.47 Å². The molecule has 4 nitrogen and oxygen atoms in total. The number of aryl methyl sites for hydroxylation is 2. The van der Waals surface area contributed by atoms with E-state index in [-0.39, 0.29) is 12.1 Å². The zero-order valence-electron chi connectivity index (χ0n) is 14.1. The molecule has 1 heterocycles. The molecule has 1 fully saturated rings. The minimum atomic E-state index is -0.271. The molecule has 1 aliphatic rings. The SMILES string of the molecule is Cc1ccc(C(=O)OCC2CN(CC(C)C)CCO2)cc1C. The number of esters is 1. The Morgan fingerprint density at radius 2 is 2.14 bits per heavy atom. The van der Waals surface area contributed by atoms with Crippen LogP contribution >= 0.6 is 0 Å². The number of hydrogen-bond acceptors (Lipinski definition) is 4. The van der Waals surface area contributed by atoms with Crippen molar-refractivity contribution in [1.29, 1.82) is 0 Å². The molecule has 0 bridgehead atoms. The Morgan fingerprint density at radius 1 is 1.36 bits per heavy atom. The monoisotopic (exact) mass is 305 g/mol. The smallest absolute Gasteiger partial charge is 0.338 e. The summed E-state index contributed by atoms with van der Waals surface area (Å²) in [5.74, 6) is 0.365. The third-order valence-electron chi connectivity index (χ3n) is 3.99. The normalized spacial score (nSPS) is 19.4. The fourth-order valence-electron chi connectivity index (χ4n) is 2.68. The Balaban J connectivity index is 1.84. The van der Waals surface area contributed by atoms with E-state index in [1.807, 2.05) is 32.0 Å². The maximum absolute atomic E-state index is 12.1. The molecule has 22 heavy (non-hydrogen) atoms. The van der Waals surface area contributed by atoms with Crippen LogP contribution in [0.5, 0.6) is 0 Å². The second-order valence-corrected chi connectivity index (χ2v) is 6.54. The van der Waals surface area contributed by atoms with Gasteiger partial charge in [-0.1, -0.05) is 19.9 Å². The summed E-state index contributed by atoms with van der Waals surface area (Å²) < 4.78 is 11.1. The summed E-state index contributed by atoms with van der Waals surface area (Å²) in [5, 5.41) is 0. The van der Waals surface area contributed by atoms with Crippen molar-refractivity contribution in [1.82, 2.24) is 4.90 Å². The second-order valence-electron chi connectivity index (χ2n) is 6.54. The largest absolute Gasteiger partial charge is 0.459 e. The van der Waals surface area contributed by atoms with Crippen molar-refractivity contribution < 1.29 is 14.3 Å². The fraction of sp³-hybridized carbons (Fsp3) is 0.611. The fourth-order valence-corrected chi connectivity index (χ4v) is 2.68. The van der Waals surface area contributed by atoms with Crippen LogP contribution < -0.4 is 0 Å². The lowest BCUT2D eigenvalue weighted by molar-refractivity contribution is -0.0612. The van der Waals surface area contributed by atoms with Gasteiger partial charge in [0.15, 0.2) is 0 Å². The summed E-state index contributed by atoms with van der Waals surface area (Å²) >= 11 is 0. The number of nitrogens with zero attached hydrogens (tertiary/aromatic N) is 1. The van der Waals surface area contributed by atoms with E-state index in [0.29, 0.717) is 24.7 Å². The van der Waals surface area contributed by atoms with Gasteiger partial charge < -0.3 is 9.47 Å². The van der Waals surface area contributed by atoms with Gasteiger partial charge in [-0.05, 0) is 43.0 Å². The summed E-state index contributed by atoms with van der Waals surface area (Å²) in [4.78, 5) is 14.5. The molecule has 0 amide bonds. The highest BCUT2D eigenvalue weighted by molar-refractivity contribution is 5.89. The molecule has 1 aromatic carbocycles. The average molecular weight is 305 g/mol. The number of morpholine rings is 1. The first kappa shape index (κ1) is 17.0. The van der Waals surface area contributed by atoms with Crippen LogP contribution in [0.1, 0.15) is 35.3 Å². The second kappa shape index (κ2) is 7.75. The lowest BCUT2D eigenvalue weighted by Gasteiger charge is -2.33. The van der Waals surface area contributed by atoms with Crippen LogP contribution in [0.2, 0.25) is 0 Å². The highest BCUT2D eigenvalue weighted by Crippen LogP contribution is 2.12. The number of hydrogen-bond donors (Lipinski definition) is 0. The topological polar surface area (TPSA) is 38.8 Å². The number of ether oxygens (including phenoxy) is 2. The molecular weight excluding hydrogens is 278 g/mol. The molecule has 4 heteroatoms. The number of rotatable bonds is 5. The van der Waals surface area contributed by atoms with E-state index in [0.717, 1.165) is 25.2 Å². The number of carbonyl (C=O) groups excluding carboxylic acids is 1. The predicted octanol–water partition coefficient (Wildman–Crippen LogP) is 2.82. The van der Waals surface area contributed by atoms with Crippen molar-refractivity contribution in [2.45, 2.75) is 33.8 Å². The summed E-state index contributed by atoms with van der Waals surface area (Å²) in [6, 6.07) is 5.65. The Morgan fingerprint density at radius 3 is 2.82 bits per heavy atom. The number of carbonyl (C=O) groups is 1. The van der Waals surface area contributed by atoms with Gasteiger partial charge in [-0.15, -0.1) is 0 Å². The molecular formula is C18H27NO3. The summed E-state index contributed by atoms with van der Waals surface area (Å²) in [6.07, 6.45) is -0.0250. The molecule has 1 saturated heterocycles. The van der Waals surface area contributed by atoms with Crippen molar-refractivity contribution in [2.75, 3.05) is 32.8 Å². The lowest BCUT2D eigenvalue weighted by Crippen LogP contribution is -2.45. The zero-order valence-corrected chi connectivity index (χ0v) is 14.1. The maximum Gasteiger partial charge on any atom is 0.338 e. The van der Waals surface area contributed by atoms with E-state index in [1.54, 1.807) is 0 Å². The van der Waals surface area contributed by atoms with Crippen molar-refractivity contribution in [3.8, 4) is 0 Å². The molecule has 1 aliphatic heterocycles. The highest BCUT2D eigenvalue weighted by Gasteiger charge is 2.22. The standard InChI is InChI=1S/C18H27NO3/c1-13(2)10-19-7-8-21-17(11-19)12-22-18(20)16-6-5-14(3)15(4)9-16/h5-6,9,13,17H,7-8,10-12H2,1-4H3. The third kappa shape index (κ3) is 4.82. The van der Waals surface area contributed by atoms with Gasteiger partial charge in [-0.2, -0.15) is 0 Å². The molecule has 1 unspecified atom stereocenters. The molecule has 0 N–H and O–H groups in total. The third-order valence-corrected chi connectivity index (χ3v) is 3.99. The highest BCUT2D eigenvalue weighted by atomic mass is 16.6. The minimum Gasteiger partial charge on any atom is -0.459 e. The van der Waals surface area contributed by atoms with Crippen LogP contribution in [0, 0.1) is 19.8 Å². The van der Waals surface area contributed by atoms with Gasteiger partial charge in [0.1, 0.15) is 12.7 Å². The van der Waals surface area contributed by atoms with E-state index in [4.69, 9.17) is 9.47 Å². The van der Waals surface area contributed by atoms with Gasteiger partial charge in [0.25, 0.3) is 0 Å². The Bertz CT molecular complexity index is 513. The zero-order chi connectivity index (χ0) is 16.1. The first-order chi connectivity index (χ1) is 10.5. The average Bonchev–Trinajstić information content (AvgIpc) is 2.47. The van der Waals surface area contributed by atoms with Crippen LogP contribution in [0.25, 0.3) is 0 Å². The summed E-state index contributed by atoms with van der Waals surface area (Å²) in [6.45, 7) is 12.3. The Hall–Kier alpha value is -1.39. The van der Waals surface area contributed by atoms with Crippen molar-refractivity contribution >= 4 is 5.97 Å². The van der Waals surface area contributed by atoms with Gasteiger partial charge in [-0.3, -0.25) is 4.90 Å². The molecule has 1 atom stereocenters. The van der Waals surface area contributed by atoms with Gasteiger partial charge in [0.2, 0.25) is 0 Å². The van der Waals surface area contributed by atoms with Crippen molar-refractivity contribution in [3.05, 3.63) is 34.9 Å². The molecule has 0 aromatic heterocycles. The Kier molecular flexibility index (Phi) is 5.98. The lowest BCUT2D eigenvalue weighted by atomic mass is 10.1. The van der Waals surface area contributed by atoms with Gasteiger partial charge in [0, 0.05) is 19.6 Å². The van der Waals surface area contributed by atoms with Crippen LogP contribution in [0.4, 0.5) is 0 Å². The molecule has 0 saturated carbocycles. The number of benzene rings is 1. The summed E-state index contributed by atoms with van der Waals surface area (Å²) in [7, 11) is 0. The first-order valence-electron chi connectivity index (χ1n) is 8.04. The van der Waals surface area contributed by atoms with Gasteiger partial charge >= 0.3 is 5.97 Å². The predicted molar refractivity (Wildman–Crippen MR) is 87.2 cm³/mol. The van der Waals surface area contributed by atoms with E-state index in [1.165, 1.54) is 5.56 Å². The van der Waals surface area contributed by atoms with Crippen molar-refractivity contribution in [2.24, 2.45) is 5.92 Å². The van der Waals surface area contributed by atoms with Crippen LogP contribution in [-0.4, -0.2) is 49.8 Å². The maximum atomic E-state index is 12.1. The van der Waals surface area contributed by atoms with E-state index >= 15 is 0 Å². The van der Waals surface area contributed by atoms with E-state index in [2.05, 4.69) is 18.7 Å².